The van der Waals surface area contributed by atoms with Crippen LogP contribution in [0.2, 0.25) is 10.0 Å². The van der Waals surface area contributed by atoms with E-state index in [1.165, 1.54) is 12.0 Å². The number of ether oxygens (including phenoxy) is 1. The molecule has 1 aliphatic carbocycles. The van der Waals surface area contributed by atoms with Crippen molar-refractivity contribution in [3.63, 3.8) is 0 Å². The molecule has 19 heavy (non-hydrogen) atoms. The minimum absolute atomic E-state index is 0.206. The SMILES string of the molecule is CO[C@H](C)C12CNCC[C@@]1(c1ccc(Cl)c(Cl)c1)C2. The lowest BCUT2D eigenvalue weighted by molar-refractivity contribution is 0.0353. The van der Waals surface area contributed by atoms with Gasteiger partial charge in [-0.05, 0) is 44.0 Å². The molecule has 2 fully saturated rings. The van der Waals surface area contributed by atoms with Crippen LogP contribution in [0.1, 0.15) is 25.3 Å². The largest absolute Gasteiger partial charge is 0.381 e. The molecule has 2 nitrogen and oxygen atoms in total. The van der Waals surface area contributed by atoms with E-state index in [1.54, 1.807) is 7.11 Å². The molecule has 2 aliphatic rings. The third kappa shape index (κ3) is 1.84. The average Bonchev–Trinajstić information content (AvgIpc) is 3.13. The third-order valence-corrected chi connectivity index (χ3v) is 5.96. The normalized spacial score (nSPS) is 34.7. The van der Waals surface area contributed by atoms with Gasteiger partial charge in [-0.1, -0.05) is 29.3 Å². The summed E-state index contributed by atoms with van der Waals surface area (Å²) < 4.78 is 5.64. The van der Waals surface area contributed by atoms with E-state index in [-0.39, 0.29) is 16.9 Å². The molecule has 1 aromatic rings. The number of halogens is 2. The Morgan fingerprint density at radius 3 is 2.79 bits per heavy atom. The predicted octanol–water partition coefficient (Wildman–Crippen LogP) is 3.65. The quantitative estimate of drug-likeness (QED) is 0.920. The van der Waals surface area contributed by atoms with E-state index >= 15 is 0 Å². The van der Waals surface area contributed by atoms with Crippen molar-refractivity contribution in [3.8, 4) is 0 Å². The predicted molar refractivity (Wildman–Crippen MR) is 79.1 cm³/mol. The first-order valence-corrected chi connectivity index (χ1v) is 7.50. The molecule has 104 valence electrons. The molecule has 1 saturated heterocycles. The van der Waals surface area contributed by atoms with Crippen LogP contribution >= 0.6 is 23.2 Å². The van der Waals surface area contributed by atoms with Crippen LogP contribution in [0.25, 0.3) is 0 Å². The first-order valence-electron chi connectivity index (χ1n) is 6.75. The van der Waals surface area contributed by atoms with Gasteiger partial charge in [0.1, 0.15) is 0 Å². The van der Waals surface area contributed by atoms with Crippen molar-refractivity contribution in [3.05, 3.63) is 33.8 Å². The lowest BCUT2D eigenvalue weighted by Crippen LogP contribution is -2.44. The number of rotatable bonds is 3. The highest BCUT2D eigenvalue weighted by atomic mass is 35.5. The zero-order valence-corrected chi connectivity index (χ0v) is 12.8. The van der Waals surface area contributed by atoms with E-state index < -0.39 is 0 Å². The first-order chi connectivity index (χ1) is 9.06. The molecular weight excluding hydrogens is 281 g/mol. The molecule has 1 aromatic carbocycles. The van der Waals surface area contributed by atoms with Crippen LogP contribution in [0.3, 0.4) is 0 Å². The second-order valence-electron chi connectivity index (χ2n) is 5.85. The van der Waals surface area contributed by atoms with Crippen molar-refractivity contribution in [2.45, 2.75) is 31.3 Å². The zero-order chi connectivity index (χ0) is 13.7. The second kappa shape index (κ2) is 4.63. The van der Waals surface area contributed by atoms with Gasteiger partial charge in [-0.2, -0.15) is 0 Å². The van der Waals surface area contributed by atoms with Crippen LogP contribution in [0.15, 0.2) is 18.2 Å². The number of fused-ring (bicyclic) bond motifs is 1. The molecule has 1 heterocycles. The fraction of sp³-hybridized carbons (Fsp3) is 0.600. The highest BCUT2D eigenvalue weighted by Gasteiger charge is 2.71. The maximum absolute atomic E-state index is 6.19. The topological polar surface area (TPSA) is 21.3 Å². The summed E-state index contributed by atoms with van der Waals surface area (Å²) in [5.74, 6) is 0. The summed E-state index contributed by atoms with van der Waals surface area (Å²) in [4.78, 5) is 0. The number of nitrogens with one attached hydrogen (secondary N) is 1. The summed E-state index contributed by atoms with van der Waals surface area (Å²) >= 11 is 12.2. The summed E-state index contributed by atoms with van der Waals surface area (Å²) in [7, 11) is 1.80. The molecular formula is C15H19Cl2NO. The molecule has 3 rings (SSSR count). The lowest BCUT2D eigenvalue weighted by atomic mass is 9.78. The number of piperidine rings is 1. The fourth-order valence-electron chi connectivity index (χ4n) is 3.91. The second-order valence-corrected chi connectivity index (χ2v) is 6.66. The number of hydrogen-bond acceptors (Lipinski definition) is 2. The summed E-state index contributed by atoms with van der Waals surface area (Å²) in [6.45, 7) is 4.24. The molecule has 1 unspecified atom stereocenters. The highest BCUT2D eigenvalue weighted by molar-refractivity contribution is 6.42. The Labute approximate surface area is 124 Å². The molecule has 0 amide bonds. The number of hydrogen-bond donors (Lipinski definition) is 1. The molecule has 3 atom stereocenters. The molecule has 0 bridgehead atoms. The van der Waals surface area contributed by atoms with Gasteiger partial charge in [-0.25, -0.2) is 0 Å². The van der Waals surface area contributed by atoms with Gasteiger partial charge in [0.15, 0.2) is 0 Å². The van der Waals surface area contributed by atoms with Gasteiger partial charge >= 0.3 is 0 Å². The summed E-state index contributed by atoms with van der Waals surface area (Å²) in [6.07, 6.45) is 2.55. The molecule has 1 N–H and O–H groups in total. The van der Waals surface area contributed by atoms with Crippen molar-refractivity contribution < 1.29 is 4.74 Å². The van der Waals surface area contributed by atoms with Gasteiger partial charge in [0, 0.05) is 24.5 Å². The monoisotopic (exact) mass is 299 g/mol. The maximum Gasteiger partial charge on any atom is 0.0620 e. The Bertz CT molecular complexity index is 507. The molecule has 1 aliphatic heterocycles. The molecule has 0 radical (unpaired) electrons. The van der Waals surface area contributed by atoms with Gasteiger partial charge in [-0.3, -0.25) is 0 Å². The van der Waals surface area contributed by atoms with Crippen molar-refractivity contribution in [1.82, 2.24) is 5.32 Å². The van der Waals surface area contributed by atoms with Crippen LogP contribution in [0.4, 0.5) is 0 Å². The van der Waals surface area contributed by atoms with Gasteiger partial charge in [0.05, 0.1) is 16.1 Å². The Hall–Kier alpha value is -0.280. The number of benzene rings is 1. The van der Waals surface area contributed by atoms with E-state index in [0.717, 1.165) is 19.5 Å². The summed E-state index contributed by atoms with van der Waals surface area (Å²) in [5, 5.41) is 4.79. The maximum atomic E-state index is 6.19. The molecule has 4 heteroatoms. The van der Waals surface area contributed by atoms with Crippen molar-refractivity contribution in [2.75, 3.05) is 20.2 Å². The molecule has 1 saturated carbocycles. The minimum Gasteiger partial charge on any atom is -0.381 e. The van der Waals surface area contributed by atoms with E-state index in [2.05, 4.69) is 18.3 Å². The van der Waals surface area contributed by atoms with Crippen molar-refractivity contribution in [2.24, 2.45) is 5.41 Å². The third-order valence-electron chi connectivity index (χ3n) is 5.22. The van der Waals surface area contributed by atoms with E-state index in [1.807, 2.05) is 12.1 Å². The Balaban J connectivity index is 2.00. The van der Waals surface area contributed by atoms with Gasteiger partial charge in [-0.15, -0.1) is 0 Å². The minimum atomic E-state index is 0.206. The van der Waals surface area contributed by atoms with E-state index in [4.69, 9.17) is 27.9 Å². The van der Waals surface area contributed by atoms with Crippen LogP contribution < -0.4 is 5.32 Å². The Morgan fingerprint density at radius 1 is 1.32 bits per heavy atom. The van der Waals surface area contributed by atoms with Crippen LogP contribution in [-0.2, 0) is 10.2 Å². The van der Waals surface area contributed by atoms with Gasteiger partial charge < -0.3 is 10.1 Å². The molecule has 0 aromatic heterocycles. The summed E-state index contributed by atoms with van der Waals surface area (Å²) in [6, 6.07) is 6.08. The van der Waals surface area contributed by atoms with Gasteiger partial charge in [0.25, 0.3) is 0 Å². The van der Waals surface area contributed by atoms with Gasteiger partial charge in [0.2, 0.25) is 0 Å². The standard InChI is InChI=1S/C15H19Cl2NO/c1-10(19-2)15-8-14(15,5-6-18-9-15)11-3-4-12(16)13(17)7-11/h3-4,7,10,18H,5-6,8-9H2,1-2H3/t10-,14+,15?/m1/s1. The highest BCUT2D eigenvalue weighted by Crippen LogP contribution is 2.69. The lowest BCUT2D eigenvalue weighted by Gasteiger charge is -2.35. The average molecular weight is 300 g/mol. The Kier molecular flexibility index (Phi) is 3.33. The number of methoxy groups -OCH3 is 1. The Morgan fingerprint density at radius 2 is 2.11 bits per heavy atom. The zero-order valence-electron chi connectivity index (χ0n) is 11.3. The van der Waals surface area contributed by atoms with E-state index in [0.29, 0.717) is 10.0 Å². The van der Waals surface area contributed by atoms with Crippen LogP contribution in [-0.4, -0.2) is 26.3 Å². The smallest absolute Gasteiger partial charge is 0.0620 e. The summed E-state index contributed by atoms with van der Waals surface area (Å²) in [5.41, 5.74) is 1.73. The van der Waals surface area contributed by atoms with Crippen molar-refractivity contribution in [1.29, 1.82) is 0 Å². The van der Waals surface area contributed by atoms with Crippen LogP contribution in [0.5, 0.6) is 0 Å². The molecule has 0 spiro atoms. The van der Waals surface area contributed by atoms with Crippen molar-refractivity contribution >= 4 is 23.2 Å². The fourth-order valence-corrected chi connectivity index (χ4v) is 4.20. The van der Waals surface area contributed by atoms with E-state index in [9.17, 15) is 0 Å². The van der Waals surface area contributed by atoms with Crippen LogP contribution in [0, 0.1) is 5.41 Å². The first kappa shape index (κ1) is 13.7.